The predicted octanol–water partition coefficient (Wildman–Crippen LogP) is 2.40. The van der Waals surface area contributed by atoms with E-state index in [1.165, 1.54) is 11.1 Å². The van der Waals surface area contributed by atoms with E-state index in [1.54, 1.807) is 14.2 Å². The van der Waals surface area contributed by atoms with E-state index in [0.717, 1.165) is 49.9 Å². The first-order valence-corrected chi connectivity index (χ1v) is 9.39. The minimum absolute atomic E-state index is 0.626. The van der Waals surface area contributed by atoms with E-state index in [0.29, 0.717) is 6.61 Å². The summed E-state index contributed by atoms with van der Waals surface area (Å²) in [6, 6.07) is 6.10. The smallest absolute Gasteiger partial charge is 0.191 e. The fourth-order valence-corrected chi connectivity index (χ4v) is 2.74. The van der Waals surface area contributed by atoms with Crippen LogP contribution in [0, 0.1) is 6.92 Å². The molecular weight excluding hydrogens is 342 g/mol. The van der Waals surface area contributed by atoms with E-state index in [-0.39, 0.29) is 0 Å². The van der Waals surface area contributed by atoms with E-state index in [4.69, 9.17) is 9.47 Å². The van der Waals surface area contributed by atoms with E-state index in [1.807, 2.05) is 37.0 Å². The maximum absolute atomic E-state index is 5.64. The molecule has 0 aliphatic carbocycles. The molecule has 0 radical (unpaired) electrons. The van der Waals surface area contributed by atoms with Gasteiger partial charge in [0.05, 0.1) is 26.5 Å². The van der Waals surface area contributed by atoms with Gasteiger partial charge in [-0.25, -0.2) is 0 Å². The number of methoxy groups -OCH3 is 1. The summed E-state index contributed by atoms with van der Waals surface area (Å²) >= 11 is 0. The number of guanidine groups is 1. The van der Waals surface area contributed by atoms with Gasteiger partial charge in [-0.05, 0) is 49.9 Å². The van der Waals surface area contributed by atoms with Gasteiger partial charge in [0.15, 0.2) is 17.5 Å². The van der Waals surface area contributed by atoms with Gasteiger partial charge in [0.25, 0.3) is 0 Å². The largest absolute Gasteiger partial charge is 0.493 e. The Morgan fingerprint density at radius 2 is 2.04 bits per heavy atom. The second-order valence-corrected chi connectivity index (χ2v) is 6.23. The van der Waals surface area contributed by atoms with Gasteiger partial charge in [-0.1, -0.05) is 6.07 Å². The summed E-state index contributed by atoms with van der Waals surface area (Å²) in [6.07, 6.45) is 5.85. The lowest BCUT2D eigenvalue weighted by atomic mass is 10.1. The lowest BCUT2D eigenvalue weighted by molar-refractivity contribution is 0.310. The van der Waals surface area contributed by atoms with E-state index >= 15 is 0 Å². The number of ether oxygens (including phenoxy) is 2. The molecule has 7 heteroatoms. The molecule has 0 aliphatic heterocycles. The van der Waals surface area contributed by atoms with Crippen LogP contribution in [-0.4, -0.2) is 49.6 Å². The monoisotopic (exact) mass is 373 g/mol. The lowest BCUT2D eigenvalue weighted by Gasteiger charge is -2.13. The van der Waals surface area contributed by atoms with Crippen LogP contribution in [-0.2, 0) is 13.0 Å². The number of aryl methyl sites for hydroxylation is 2. The van der Waals surface area contributed by atoms with E-state index in [9.17, 15) is 0 Å². The summed E-state index contributed by atoms with van der Waals surface area (Å²) in [5.41, 5.74) is 2.40. The molecule has 1 aromatic heterocycles. The van der Waals surface area contributed by atoms with Crippen LogP contribution < -0.4 is 20.1 Å². The van der Waals surface area contributed by atoms with Gasteiger partial charge in [-0.15, -0.1) is 0 Å². The van der Waals surface area contributed by atoms with Gasteiger partial charge >= 0.3 is 0 Å². The standard InChI is InChI=1S/C20H31N5O2/c1-5-27-19-13-17(8-9-18(19)26-4)7-6-10-22-20(21-3)23-11-12-25-15-16(2)14-24-25/h8-9,13-15H,5-7,10-12H2,1-4H3,(H2,21,22,23). The van der Waals surface area contributed by atoms with Crippen LogP contribution in [0.5, 0.6) is 11.5 Å². The Kier molecular flexibility index (Phi) is 8.48. The minimum Gasteiger partial charge on any atom is -0.493 e. The first kappa shape index (κ1) is 20.6. The predicted molar refractivity (Wildman–Crippen MR) is 109 cm³/mol. The number of aromatic nitrogens is 2. The zero-order valence-corrected chi connectivity index (χ0v) is 16.8. The molecule has 7 nitrogen and oxygen atoms in total. The van der Waals surface area contributed by atoms with E-state index < -0.39 is 0 Å². The molecule has 0 amide bonds. The molecule has 1 aromatic carbocycles. The van der Waals surface area contributed by atoms with Crippen molar-refractivity contribution >= 4 is 5.96 Å². The summed E-state index contributed by atoms with van der Waals surface area (Å²) in [5, 5.41) is 10.9. The zero-order valence-electron chi connectivity index (χ0n) is 16.8. The van der Waals surface area contributed by atoms with Crippen molar-refractivity contribution in [3.05, 3.63) is 41.7 Å². The molecule has 2 aromatic rings. The van der Waals surface area contributed by atoms with Crippen molar-refractivity contribution in [1.82, 2.24) is 20.4 Å². The zero-order chi connectivity index (χ0) is 19.5. The van der Waals surface area contributed by atoms with Crippen LogP contribution in [0.4, 0.5) is 0 Å². The molecule has 0 fully saturated rings. The van der Waals surface area contributed by atoms with Crippen LogP contribution in [0.15, 0.2) is 35.6 Å². The highest BCUT2D eigenvalue weighted by Gasteiger charge is 2.05. The molecule has 148 valence electrons. The molecular formula is C20H31N5O2. The quantitative estimate of drug-likeness (QED) is 0.380. The summed E-state index contributed by atoms with van der Waals surface area (Å²) < 4.78 is 12.9. The highest BCUT2D eigenvalue weighted by Crippen LogP contribution is 2.28. The molecule has 1 heterocycles. The Morgan fingerprint density at radius 1 is 1.22 bits per heavy atom. The first-order valence-electron chi connectivity index (χ1n) is 9.39. The molecule has 0 unspecified atom stereocenters. The third kappa shape index (κ3) is 6.84. The van der Waals surface area contributed by atoms with Gasteiger partial charge in [-0.2, -0.15) is 5.10 Å². The Hall–Kier alpha value is -2.70. The molecule has 0 bridgehead atoms. The molecule has 0 aliphatic rings. The Labute approximate surface area is 161 Å². The third-order valence-electron chi connectivity index (χ3n) is 4.08. The molecule has 0 saturated heterocycles. The third-order valence-corrected chi connectivity index (χ3v) is 4.08. The average Bonchev–Trinajstić information content (AvgIpc) is 3.09. The fraction of sp³-hybridized carbons (Fsp3) is 0.500. The number of aliphatic imine (C=N–C) groups is 1. The van der Waals surface area contributed by atoms with Crippen LogP contribution in [0.2, 0.25) is 0 Å². The average molecular weight is 374 g/mol. The van der Waals surface area contributed by atoms with Crippen molar-refractivity contribution in [2.75, 3.05) is 33.9 Å². The Bertz CT molecular complexity index is 727. The van der Waals surface area contributed by atoms with Crippen LogP contribution >= 0.6 is 0 Å². The fourth-order valence-electron chi connectivity index (χ4n) is 2.74. The van der Waals surface area contributed by atoms with Crippen LogP contribution in [0.25, 0.3) is 0 Å². The van der Waals surface area contributed by atoms with Gasteiger partial charge < -0.3 is 20.1 Å². The maximum atomic E-state index is 5.64. The van der Waals surface area contributed by atoms with Gasteiger partial charge in [0.1, 0.15) is 0 Å². The van der Waals surface area contributed by atoms with Crippen molar-refractivity contribution in [1.29, 1.82) is 0 Å². The Morgan fingerprint density at radius 3 is 2.70 bits per heavy atom. The van der Waals surface area contributed by atoms with E-state index in [2.05, 4.69) is 32.9 Å². The van der Waals surface area contributed by atoms with Crippen molar-refractivity contribution in [2.24, 2.45) is 4.99 Å². The molecule has 0 atom stereocenters. The second kappa shape index (κ2) is 11.1. The minimum atomic E-state index is 0.626. The van der Waals surface area contributed by atoms with Gasteiger partial charge in [-0.3, -0.25) is 9.67 Å². The van der Waals surface area contributed by atoms with Crippen LogP contribution in [0.3, 0.4) is 0 Å². The normalized spacial score (nSPS) is 11.3. The highest BCUT2D eigenvalue weighted by molar-refractivity contribution is 5.79. The van der Waals surface area contributed by atoms with Gasteiger partial charge in [0.2, 0.25) is 0 Å². The number of hydrogen-bond acceptors (Lipinski definition) is 4. The molecule has 27 heavy (non-hydrogen) atoms. The Balaban J connectivity index is 1.70. The maximum Gasteiger partial charge on any atom is 0.191 e. The summed E-state index contributed by atoms with van der Waals surface area (Å²) in [4.78, 5) is 4.26. The second-order valence-electron chi connectivity index (χ2n) is 6.23. The van der Waals surface area contributed by atoms with Crippen molar-refractivity contribution < 1.29 is 9.47 Å². The lowest BCUT2D eigenvalue weighted by Crippen LogP contribution is -2.39. The molecule has 2 rings (SSSR count). The van der Waals surface area contributed by atoms with Crippen molar-refractivity contribution in [3.63, 3.8) is 0 Å². The topological polar surface area (TPSA) is 72.7 Å². The SMILES string of the molecule is CCOc1cc(CCCNC(=NC)NCCn2cc(C)cn2)ccc1OC. The number of benzene rings is 1. The summed E-state index contributed by atoms with van der Waals surface area (Å²) in [6.45, 7) is 7.06. The summed E-state index contributed by atoms with van der Waals surface area (Å²) in [7, 11) is 3.44. The number of hydrogen-bond donors (Lipinski definition) is 2. The summed E-state index contributed by atoms with van der Waals surface area (Å²) in [5.74, 6) is 2.39. The van der Waals surface area contributed by atoms with Crippen molar-refractivity contribution in [3.8, 4) is 11.5 Å². The number of nitrogens with zero attached hydrogens (tertiary/aromatic N) is 3. The highest BCUT2D eigenvalue weighted by atomic mass is 16.5. The number of rotatable bonds is 10. The molecule has 2 N–H and O–H groups in total. The number of nitrogens with one attached hydrogen (secondary N) is 2. The molecule has 0 saturated carbocycles. The molecule has 0 spiro atoms. The first-order chi connectivity index (χ1) is 13.2. The van der Waals surface area contributed by atoms with Gasteiger partial charge in [0, 0.05) is 26.3 Å². The van der Waals surface area contributed by atoms with Crippen molar-refractivity contribution in [2.45, 2.75) is 33.2 Å². The van der Waals surface area contributed by atoms with Crippen LogP contribution in [0.1, 0.15) is 24.5 Å².